The van der Waals surface area contributed by atoms with Gasteiger partial charge in [-0.1, -0.05) is 12.2 Å². The maximum atomic E-state index is 12.3. The van der Waals surface area contributed by atoms with Gasteiger partial charge in [-0.05, 0) is 31.4 Å². The monoisotopic (exact) mass is 287 g/mol. The highest BCUT2D eigenvalue weighted by atomic mass is 16.5. The first-order valence-corrected chi connectivity index (χ1v) is 7.59. The Balaban J connectivity index is 1.68. The van der Waals surface area contributed by atoms with E-state index < -0.39 is 0 Å². The zero-order valence-corrected chi connectivity index (χ0v) is 12.1. The van der Waals surface area contributed by atoms with Crippen molar-refractivity contribution in [3.63, 3.8) is 0 Å². The second-order valence-corrected chi connectivity index (χ2v) is 5.44. The fourth-order valence-electron chi connectivity index (χ4n) is 2.74. The van der Waals surface area contributed by atoms with Gasteiger partial charge >= 0.3 is 0 Å². The Hall–Kier alpha value is -1.88. The molecule has 1 aromatic rings. The number of amides is 1. The first kappa shape index (κ1) is 14.1. The van der Waals surface area contributed by atoms with Crippen LogP contribution < -0.4 is 10.2 Å². The Morgan fingerprint density at radius 2 is 2.24 bits per heavy atom. The van der Waals surface area contributed by atoms with Gasteiger partial charge in [0.2, 0.25) is 0 Å². The third-order valence-electron chi connectivity index (χ3n) is 3.92. The number of anilines is 1. The van der Waals surface area contributed by atoms with Crippen LogP contribution in [0.2, 0.25) is 0 Å². The molecule has 0 saturated carbocycles. The fraction of sp³-hybridized carbons (Fsp3) is 0.500. The number of pyridine rings is 1. The van der Waals surface area contributed by atoms with E-state index in [0.717, 1.165) is 51.3 Å². The van der Waals surface area contributed by atoms with Crippen LogP contribution in [0.25, 0.3) is 0 Å². The minimum absolute atomic E-state index is 0.0957. The van der Waals surface area contributed by atoms with Crippen LogP contribution in [0.1, 0.15) is 29.8 Å². The smallest absolute Gasteiger partial charge is 0.270 e. The minimum Gasteiger partial charge on any atom is -0.378 e. The largest absolute Gasteiger partial charge is 0.378 e. The van der Waals surface area contributed by atoms with E-state index in [2.05, 4.69) is 27.4 Å². The summed E-state index contributed by atoms with van der Waals surface area (Å²) in [6.45, 7) is 3.18. The Bertz CT molecular complexity index is 524. The lowest BCUT2D eigenvalue weighted by Crippen LogP contribution is -2.37. The van der Waals surface area contributed by atoms with Gasteiger partial charge in [0.1, 0.15) is 5.69 Å². The van der Waals surface area contributed by atoms with Crippen molar-refractivity contribution in [2.24, 2.45) is 0 Å². The molecule has 1 N–H and O–H groups in total. The standard InChI is InChI=1S/C16H21N3O2/c20-16(18-13-4-2-1-3-5-13)15-12-14(6-7-17-15)19-8-10-21-11-9-19/h2,4,6-7,12-13H,1,3,5,8-11H2,(H,18,20)/t13-/m1/s1. The van der Waals surface area contributed by atoms with Crippen molar-refractivity contribution in [3.8, 4) is 0 Å². The van der Waals surface area contributed by atoms with Crippen molar-refractivity contribution in [1.29, 1.82) is 0 Å². The average molecular weight is 287 g/mol. The van der Waals surface area contributed by atoms with Crippen LogP contribution in [-0.4, -0.2) is 43.2 Å². The van der Waals surface area contributed by atoms with Crippen molar-refractivity contribution < 1.29 is 9.53 Å². The summed E-state index contributed by atoms with van der Waals surface area (Å²) in [6.07, 6.45) is 9.15. The number of allylic oxidation sites excluding steroid dienone is 1. The van der Waals surface area contributed by atoms with E-state index in [9.17, 15) is 4.79 Å². The highest BCUT2D eigenvalue weighted by Crippen LogP contribution is 2.17. The molecule has 0 bridgehead atoms. The van der Waals surface area contributed by atoms with Crippen LogP contribution in [0.3, 0.4) is 0 Å². The summed E-state index contributed by atoms with van der Waals surface area (Å²) in [6, 6.07) is 3.95. The molecule has 112 valence electrons. The van der Waals surface area contributed by atoms with Crippen LogP contribution in [0.15, 0.2) is 30.5 Å². The second-order valence-electron chi connectivity index (χ2n) is 5.44. The molecule has 1 amide bonds. The molecule has 0 radical (unpaired) electrons. The quantitative estimate of drug-likeness (QED) is 0.861. The Kier molecular flexibility index (Phi) is 4.50. The molecule has 2 aliphatic rings. The number of carbonyl (C=O) groups is 1. The molecule has 0 aromatic carbocycles. The number of nitrogens with zero attached hydrogens (tertiary/aromatic N) is 2. The summed E-state index contributed by atoms with van der Waals surface area (Å²) < 4.78 is 5.36. The highest BCUT2D eigenvalue weighted by molar-refractivity contribution is 5.93. The first-order valence-electron chi connectivity index (χ1n) is 7.59. The summed E-state index contributed by atoms with van der Waals surface area (Å²) in [5.74, 6) is -0.0957. The Labute approximate surface area is 125 Å². The molecular weight excluding hydrogens is 266 g/mol. The number of rotatable bonds is 3. The predicted octanol–water partition coefficient (Wildman–Crippen LogP) is 1.76. The van der Waals surface area contributed by atoms with Crippen LogP contribution >= 0.6 is 0 Å². The molecule has 3 rings (SSSR count). The van der Waals surface area contributed by atoms with Gasteiger partial charge in [0.15, 0.2) is 0 Å². The van der Waals surface area contributed by atoms with Gasteiger partial charge in [-0.3, -0.25) is 9.78 Å². The molecule has 0 spiro atoms. The van der Waals surface area contributed by atoms with Crippen molar-refractivity contribution in [3.05, 3.63) is 36.2 Å². The fourth-order valence-corrected chi connectivity index (χ4v) is 2.74. The number of hydrogen-bond donors (Lipinski definition) is 1. The number of morpholine rings is 1. The van der Waals surface area contributed by atoms with Crippen LogP contribution in [-0.2, 0) is 4.74 Å². The molecule has 1 aliphatic heterocycles. The molecular formula is C16H21N3O2. The van der Waals surface area contributed by atoms with E-state index in [4.69, 9.17) is 4.74 Å². The van der Waals surface area contributed by atoms with Crippen molar-refractivity contribution in [1.82, 2.24) is 10.3 Å². The zero-order chi connectivity index (χ0) is 14.5. The SMILES string of the molecule is O=C(N[C@@H]1C=CCCC1)c1cc(N2CCOCC2)ccn1. The summed E-state index contributed by atoms with van der Waals surface area (Å²) in [5, 5.41) is 3.03. The average Bonchev–Trinajstić information content (AvgIpc) is 2.57. The minimum atomic E-state index is -0.0957. The maximum absolute atomic E-state index is 12.3. The van der Waals surface area contributed by atoms with Gasteiger partial charge in [-0.25, -0.2) is 0 Å². The maximum Gasteiger partial charge on any atom is 0.270 e. The molecule has 1 saturated heterocycles. The second kappa shape index (κ2) is 6.72. The molecule has 1 aliphatic carbocycles. The summed E-state index contributed by atoms with van der Waals surface area (Å²) in [4.78, 5) is 18.7. The van der Waals surface area contributed by atoms with Gasteiger partial charge in [0.25, 0.3) is 5.91 Å². The van der Waals surface area contributed by atoms with Crippen molar-refractivity contribution in [2.75, 3.05) is 31.2 Å². The summed E-state index contributed by atoms with van der Waals surface area (Å²) >= 11 is 0. The number of ether oxygens (including phenoxy) is 1. The Morgan fingerprint density at radius 3 is 3.00 bits per heavy atom. The molecule has 2 heterocycles. The topological polar surface area (TPSA) is 54.5 Å². The lowest BCUT2D eigenvalue weighted by atomic mass is 10.0. The van der Waals surface area contributed by atoms with Crippen LogP contribution in [0.5, 0.6) is 0 Å². The van der Waals surface area contributed by atoms with E-state index >= 15 is 0 Å². The van der Waals surface area contributed by atoms with Gasteiger partial charge in [0, 0.05) is 31.0 Å². The van der Waals surface area contributed by atoms with E-state index in [1.165, 1.54) is 0 Å². The molecule has 21 heavy (non-hydrogen) atoms. The number of hydrogen-bond acceptors (Lipinski definition) is 4. The van der Waals surface area contributed by atoms with Crippen molar-refractivity contribution in [2.45, 2.75) is 25.3 Å². The van der Waals surface area contributed by atoms with Crippen LogP contribution in [0.4, 0.5) is 5.69 Å². The Morgan fingerprint density at radius 1 is 1.38 bits per heavy atom. The lowest BCUT2D eigenvalue weighted by molar-refractivity contribution is 0.0937. The van der Waals surface area contributed by atoms with E-state index in [0.29, 0.717) is 5.69 Å². The molecule has 5 nitrogen and oxygen atoms in total. The molecule has 1 fully saturated rings. The lowest BCUT2D eigenvalue weighted by Gasteiger charge is -2.29. The van der Waals surface area contributed by atoms with Crippen LogP contribution in [0, 0.1) is 0 Å². The van der Waals surface area contributed by atoms with Gasteiger partial charge in [-0.2, -0.15) is 0 Å². The number of nitrogens with one attached hydrogen (secondary N) is 1. The van der Waals surface area contributed by atoms with E-state index in [1.807, 2.05) is 12.1 Å². The molecule has 0 unspecified atom stereocenters. The third-order valence-corrected chi connectivity index (χ3v) is 3.92. The normalized spacial score (nSPS) is 22.1. The predicted molar refractivity (Wildman–Crippen MR) is 81.5 cm³/mol. The molecule has 5 heteroatoms. The number of carbonyl (C=O) groups excluding carboxylic acids is 1. The summed E-state index contributed by atoms with van der Waals surface area (Å²) in [5.41, 5.74) is 1.52. The first-order chi connectivity index (χ1) is 10.3. The highest BCUT2D eigenvalue weighted by Gasteiger charge is 2.16. The van der Waals surface area contributed by atoms with Crippen molar-refractivity contribution >= 4 is 11.6 Å². The van der Waals surface area contributed by atoms with Gasteiger partial charge in [-0.15, -0.1) is 0 Å². The van der Waals surface area contributed by atoms with E-state index in [-0.39, 0.29) is 11.9 Å². The summed E-state index contributed by atoms with van der Waals surface area (Å²) in [7, 11) is 0. The third kappa shape index (κ3) is 3.61. The van der Waals surface area contributed by atoms with Gasteiger partial charge < -0.3 is 15.0 Å². The molecule has 1 aromatic heterocycles. The van der Waals surface area contributed by atoms with E-state index in [1.54, 1.807) is 6.20 Å². The zero-order valence-electron chi connectivity index (χ0n) is 12.1. The molecule has 1 atom stereocenters. The van der Waals surface area contributed by atoms with Gasteiger partial charge in [0.05, 0.1) is 13.2 Å². The number of aromatic nitrogens is 1.